The summed E-state index contributed by atoms with van der Waals surface area (Å²) in [6.07, 6.45) is 4.36. The van der Waals surface area contributed by atoms with Gasteiger partial charge >= 0.3 is 0 Å². The van der Waals surface area contributed by atoms with Crippen LogP contribution in [0.5, 0.6) is 0 Å². The van der Waals surface area contributed by atoms with Crippen molar-refractivity contribution in [3.05, 3.63) is 71.1 Å². The molecule has 6 rings (SSSR count). The van der Waals surface area contributed by atoms with Crippen LogP contribution in [0.25, 0.3) is 0 Å². The number of nitrogens with one attached hydrogen (secondary N) is 1. The van der Waals surface area contributed by atoms with Gasteiger partial charge in [0.05, 0.1) is 13.2 Å². The first-order valence-electron chi connectivity index (χ1n) is 13.6. The van der Waals surface area contributed by atoms with Gasteiger partial charge in [0.1, 0.15) is 17.8 Å². The summed E-state index contributed by atoms with van der Waals surface area (Å²) in [5.74, 6) is -2.34. The molecule has 10 heteroatoms. The number of piperidine rings is 1. The summed E-state index contributed by atoms with van der Waals surface area (Å²) in [6, 6.07) is 11.7. The Bertz CT molecular complexity index is 1370. The molecule has 1 amide bonds. The van der Waals surface area contributed by atoms with E-state index in [1.54, 1.807) is 19.3 Å². The van der Waals surface area contributed by atoms with E-state index < -0.39 is 11.8 Å². The van der Waals surface area contributed by atoms with Gasteiger partial charge in [0.15, 0.2) is 0 Å². The molecule has 1 atom stereocenters. The number of ether oxygens (including phenoxy) is 1. The number of aryl methyl sites for hydroxylation is 1. The van der Waals surface area contributed by atoms with Crippen molar-refractivity contribution in [1.82, 2.24) is 24.6 Å². The zero-order chi connectivity index (χ0) is 27.2. The van der Waals surface area contributed by atoms with Crippen LogP contribution in [0.2, 0.25) is 0 Å². The first-order chi connectivity index (χ1) is 18.7. The average molecular weight is 537 g/mol. The van der Waals surface area contributed by atoms with Crippen molar-refractivity contribution >= 4 is 11.6 Å². The van der Waals surface area contributed by atoms with Gasteiger partial charge in [0, 0.05) is 68.2 Å². The van der Waals surface area contributed by atoms with Crippen molar-refractivity contribution in [2.45, 2.75) is 56.4 Å². The van der Waals surface area contributed by atoms with Crippen LogP contribution in [0.4, 0.5) is 14.5 Å². The minimum Gasteiger partial charge on any atom is -0.379 e. The molecule has 3 fully saturated rings. The van der Waals surface area contributed by atoms with Gasteiger partial charge in [0.2, 0.25) is 0 Å². The molecule has 2 aromatic heterocycles. The Morgan fingerprint density at radius 1 is 1.21 bits per heavy atom. The fourth-order valence-electron chi connectivity index (χ4n) is 5.59. The van der Waals surface area contributed by atoms with Crippen molar-refractivity contribution < 1.29 is 18.3 Å². The van der Waals surface area contributed by atoms with Crippen molar-refractivity contribution in [3.63, 3.8) is 0 Å². The van der Waals surface area contributed by atoms with Gasteiger partial charge in [-0.15, -0.1) is 10.2 Å². The van der Waals surface area contributed by atoms with Crippen LogP contribution in [0.3, 0.4) is 0 Å². The predicted octanol–water partition coefficient (Wildman–Crippen LogP) is 4.33. The molecular formula is C29H34F2N6O2. The van der Waals surface area contributed by atoms with Crippen molar-refractivity contribution in [2.75, 3.05) is 31.6 Å². The fourth-order valence-corrected chi connectivity index (χ4v) is 5.59. The number of benzene rings is 1. The maximum absolute atomic E-state index is 14.0. The van der Waals surface area contributed by atoms with Crippen LogP contribution < -0.4 is 5.32 Å². The van der Waals surface area contributed by atoms with E-state index in [4.69, 9.17) is 9.72 Å². The number of carbonyl (C=O) groups excluding carboxylic acids is 1. The summed E-state index contributed by atoms with van der Waals surface area (Å²) in [5.41, 5.74) is 3.76. The van der Waals surface area contributed by atoms with Crippen LogP contribution >= 0.6 is 0 Å². The summed E-state index contributed by atoms with van der Waals surface area (Å²) >= 11 is 0. The Labute approximate surface area is 226 Å². The minimum atomic E-state index is -2.62. The molecule has 3 aliphatic rings. The molecule has 1 aromatic carbocycles. The summed E-state index contributed by atoms with van der Waals surface area (Å²) in [7, 11) is 1.93. The van der Waals surface area contributed by atoms with E-state index in [0.717, 1.165) is 35.5 Å². The third-order valence-corrected chi connectivity index (χ3v) is 8.34. The Kier molecular flexibility index (Phi) is 6.71. The third-order valence-electron chi connectivity index (χ3n) is 8.34. The Morgan fingerprint density at radius 2 is 2.03 bits per heavy atom. The third kappa shape index (κ3) is 5.45. The van der Waals surface area contributed by atoms with E-state index in [1.165, 1.54) is 0 Å². The fraction of sp³-hybridized carbons (Fsp3) is 0.517. The number of amides is 1. The van der Waals surface area contributed by atoms with Gasteiger partial charge in [-0.25, -0.2) is 13.8 Å². The van der Waals surface area contributed by atoms with Crippen molar-refractivity contribution in [1.29, 1.82) is 0 Å². The number of alkyl halides is 2. The van der Waals surface area contributed by atoms with Crippen LogP contribution in [-0.4, -0.2) is 62.8 Å². The number of likely N-dealkylation sites (tertiary alicyclic amines) is 1. The largest absolute Gasteiger partial charge is 0.379 e. The maximum Gasteiger partial charge on any atom is 0.274 e. The number of hydrogen-bond acceptors (Lipinski definition) is 6. The molecule has 0 unspecified atom stereocenters. The Balaban J connectivity index is 1.19. The van der Waals surface area contributed by atoms with Crippen molar-refractivity contribution in [3.8, 4) is 0 Å². The van der Waals surface area contributed by atoms with E-state index in [0.29, 0.717) is 56.6 Å². The molecule has 1 aliphatic carbocycles. The molecule has 0 radical (unpaired) electrons. The minimum absolute atomic E-state index is 0.137. The monoisotopic (exact) mass is 536 g/mol. The van der Waals surface area contributed by atoms with E-state index in [1.807, 2.05) is 35.9 Å². The number of nitrogens with zero attached hydrogens (tertiary/aromatic N) is 5. The molecule has 8 nitrogen and oxygen atoms in total. The summed E-state index contributed by atoms with van der Waals surface area (Å²) in [6.45, 7) is 3.96. The quantitative estimate of drug-likeness (QED) is 0.462. The van der Waals surface area contributed by atoms with Gasteiger partial charge < -0.3 is 14.6 Å². The van der Waals surface area contributed by atoms with E-state index >= 15 is 0 Å². The first-order valence-corrected chi connectivity index (χ1v) is 13.6. The summed E-state index contributed by atoms with van der Waals surface area (Å²) < 4.78 is 35.5. The van der Waals surface area contributed by atoms with E-state index in [9.17, 15) is 13.6 Å². The highest BCUT2D eigenvalue weighted by Crippen LogP contribution is 2.40. The average Bonchev–Trinajstić information content (AvgIpc) is 3.66. The second kappa shape index (κ2) is 10.1. The topological polar surface area (TPSA) is 85.2 Å². The number of rotatable bonds is 8. The lowest BCUT2D eigenvalue weighted by Gasteiger charge is -2.41. The lowest BCUT2D eigenvalue weighted by atomic mass is 9.75. The van der Waals surface area contributed by atoms with Crippen LogP contribution in [0, 0.1) is 5.92 Å². The molecule has 1 N–H and O–H groups in total. The highest BCUT2D eigenvalue weighted by molar-refractivity contribution is 6.03. The number of aromatic nitrogens is 4. The Hall–Kier alpha value is -3.24. The number of carbonyl (C=O) groups is 1. The molecule has 0 spiro atoms. The first kappa shape index (κ1) is 26.0. The molecule has 2 saturated heterocycles. The van der Waals surface area contributed by atoms with Gasteiger partial charge in [0.25, 0.3) is 11.8 Å². The van der Waals surface area contributed by atoms with Gasteiger partial charge in [-0.05, 0) is 48.2 Å². The highest BCUT2D eigenvalue weighted by atomic mass is 19.3. The predicted molar refractivity (Wildman–Crippen MR) is 142 cm³/mol. The second-order valence-corrected chi connectivity index (χ2v) is 11.5. The van der Waals surface area contributed by atoms with Crippen LogP contribution in [0.15, 0.2) is 42.7 Å². The van der Waals surface area contributed by atoms with Gasteiger partial charge in [-0.3, -0.25) is 9.69 Å². The lowest BCUT2D eigenvalue weighted by Crippen LogP contribution is -2.49. The van der Waals surface area contributed by atoms with Crippen molar-refractivity contribution in [2.24, 2.45) is 13.0 Å². The zero-order valence-corrected chi connectivity index (χ0v) is 22.4. The molecule has 0 bridgehead atoms. The van der Waals surface area contributed by atoms with Gasteiger partial charge in [-0.1, -0.05) is 19.1 Å². The lowest BCUT2D eigenvalue weighted by molar-refractivity contribution is -0.100. The summed E-state index contributed by atoms with van der Waals surface area (Å²) in [4.78, 5) is 20.1. The van der Waals surface area contributed by atoms with E-state index in [-0.39, 0.29) is 17.7 Å². The number of pyridine rings is 1. The van der Waals surface area contributed by atoms with Crippen LogP contribution in [0.1, 0.15) is 65.2 Å². The standard InChI is InChI=1S/C29H34F2N6O2/c1-19-14-37(9-8-29(19,30)31)15-20-10-24(21-6-7-21)34-25(11-20)27(38)33-23-5-3-4-22(12-23)28(16-39-17-28)13-26-35-32-18-36(26)2/h3-5,10-12,18-19,21H,6-9,13-17H2,1-2H3,(H,33,38)/t19-/m0/s1. The number of halogens is 2. The maximum atomic E-state index is 14.0. The number of hydrogen-bond donors (Lipinski definition) is 1. The summed E-state index contributed by atoms with van der Waals surface area (Å²) in [5, 5.41) is 11.3. The van der Waals surface area contributed by atoms with Gasteiger partial charge in [-0.2, -0.15) is 0 Å². The molecule has 4 heterocycles. The molecular weight excluding hydrogens is 502 g/mol. The smallest absolute Gasteiger partial charge is 0.274 e. The van der Waals surface area contributed by atoms with E-state index in [2.05, 4.69) is 26.5 Å². The molecule has 206 valence electrons. The number of anilines is 1. The molecule has 39 heavy (non-hydrogen) atoms. The highest BCUT2D eigenvalue weighted by Gasteiger charge is 2.42. The van der Waals surface area contributed by atoms with Crippen LogP contribution in [-0.2, 0) is 30.2 Å². The normalized spacial score (nSPS) is 22.3. The zero-order valence-electron chi connectivity index (χ0n) is 22.4. The SMILES string of the molecule is C[C@H]1CN(Cc2cc(C(=O)Nc3cccc(C4(Cc5nncn5C)COC4)c3)nc(C3CC3)c2)CCC1(F)F. The molecule has 3 aromatic rings. The molecule has 2 aliphatic heterocycles. The Morgan fingerprint density at radius 3 is 2.69 bits per heavy atom. The molecule has 1 saturated carbocycles. The second-order valence-electron chi connectivity index (χ2n) is 11.5.